The zero-order valence-corrected chi connectivity index (χ0v) is 10.5. The van der Waals surface area contributed by atoms with Crippen LogP contribution in [0.25, 0.3) is 0 Å². The van der Waals surface area contributed by atoms with Gasteiger partial charge in [0.05, 0.1) is 6.10 Å². The lowest BCUT2D eigenvalue weighted by Gasteiger charge is -2.28. The van der Waals surface area contributed by atoms with E-state index in [-0.39, 0.29) is 12.0 Å². The maximum absolute atomic E-state index is 11.5. The lowest BCUT2D eigenvalue weighted by Crippen LogP contribution is -2.37. The van der Waals surface area contributed by atoms with Gasteiger partial charge in [0, 0.05) is 12.5 Å². The van der Waals surface area contributed by atoms with Crippen LogP contribution in [0.4, 0.5) is 0 Å². The first-order chi connectivity index (χ1) is 7.61. The first-order valence-electron chi connectivity index (χ1n) is 6.59. The number of amides is 1. The minimum Gasteiger partial charge on any atom is -0.393 e. The molecule has 0 radical (unpaired) electrons. The van der Waals surface area contributed by atoms with E-state index in [0.29, 0.717) is 18.9 Å². The molecule has 3 nitrogen and oxygen atoms in total. The molecular weight excluding hydrogens is 202 g/mol. The Bertz CT molecular complexity index is 208. The van der Waals surface area contributed by atoms with Crippen LogP contribution in [0.3, 0.4) is 0 Å². The summed E-state index contributed by atoms with van der Waals surface area (Å²) < 4.78 is 0. The standard InChI is InChI=1S/C13H25NO2/c1-3-11-5-7-12(8-6-11)14-13(16)9-4-10(2)15/h10-12,15H,3-9H2,1-2H3,(H,14,16). The summed E-state index contributed by atoms with van der Waals surface area (Å²) in [7, 11) is 0. The third-order valence-corrected chi connectivity index (χ3v) is 3.58. The Balaban J connectivity index is 2.15. The van der Waals surface area contributed by atoms with E-state index in [1.165, 1.54) is 19.3 Å². The van der Waals surface area contributed by atoms with Gasteiger partial charge in [0.2, 0.25) is 5.91 Å². The van der Waals surface area contributed by atoms with Crippen molar-refractivity contribution in [2.24, 2.45) is 5.92 Å². The molecule has 0 bridgehead atoms. The minimum atomic E-state index is -0.374. The average molecular weight is 227 g/mol. The van der Waals surface area contributed by atoms with Crippen LogP contribution < -0.4 is 5.32 Å². The van der Waals surface area contributed by atoms with Crippen molar-refractivity contribution in [2.75, 3.05) is 0 Å². The Labute approximate surface area is 98.6 Å². The Morgan fingerprint density at radius 3 is 2.50 bits per heavy atom. The van der Waals surface area contributed by atoms with Crippen molar-refractivity contribution in [1.29, 1.82) is 0 Å². The van der Waals surface area contributed by atoms with Gasteiger partial charge in [0.1, 0.15) is 0 Å². The summed E-state index contributed by atoms with van der Waals surface area (Å²) >= 11 is 0. The minimum absolute atomic E-state index is 0.0980. The monoisotopic (exact) mass is 227 g/mol. The van der Waals surface area contributed by atoms with E-state index in [4.69, 9.17) is 5.11 Å². The van der Waals surface area contributed by atoms with Crippen molar-refractivity contribution in [2.45, 2.75) is 70.9 Å². The Hall–Kier alpha value is -0.570. The number of hydrogen-bond acceptors (Lipinski definition) is 2. The molecule has 0 aromatic rings. The van der Waals surface area contributed by atoms with Crippen molar-refractivity contribution in [1.82, 2.24) is 5.32 Å². The van der Waals surface area contributed by atoms with Crippen molar-refractivity contribution < 1.29 is 9.90 Å². The topological polar surface area (TPSA) is 49.3 Å². The second kappa shape index (κ2) is 6.89. The molecule has 1 saturated carbocycles. The highest BCUT2D eigenvalue weighted by Crippen LogP contribution is 2.26. The van der Waals surface area contributed by atoms with Crippen molar-refractivity contribution in [3.63, 3.8) is 0 Å². The predicted octanol–water partition coefficient (Wildman–Crippen LogP) is 2.23. The molecule has 0 heterocycles. The molecule has 16 heavy (non-hydrogen) atoms. The molecule has 0 aromatic carbocycles. The number of nitrogens with one attached hydrogen (secondary N) is 1. The molecule has 3 heteroatoms. The van der Waals surface area contributed by atoms with E-state index < -0.39 is 0 Å². The SMILES string of the molecule is CCC1CCC(NC(=O)CCC(C)O)CC1. The molecule has 1 rings (SSSR count). The third kappa shape index (κ3) is 4.97. The normalized spacial score (nSPS) is 27.4. The zero-order chi connectivity index (χ0) is 12.0. The van der Waals surface area contributed by atoms with E-state index in [1.807, 2.05) is 0 Å². The number of rotatable bonds is 5. The fourth-order valence-electron chi connectivity index (χ4n) is 2.35. The Kier molecular flexibility index (Phi) is 5.81. The lowest BCUT2D eigenvalue weighted by molar-refractivity contribution is -0.122. The van der Waals surface area contributed by atoms with Gasteiger partial charge in [0.25, 0.3) is 0 Å². The van der Waals surface area contributed by atoms with Crippen LogP contribution in [0.5, 0.6) is 0 Å². The van der Waals surface area contributed by atoms with Crippen LogP contribution >= 0.6 is 0 Å². The van der Waals surface area contributed by atoms with Crippen molar-refractivity contribution in [3.05, 3.63) is 0 Å². The Morgan fingerprint density at radius 1 is 1.38 bits per heavy atom. The molecule has 1 unspecified atom stereocenters. The highest BCUT2D eigenvalue weighted by Gasteiger charge is 2.21. The summed E-state index contributed by atoms with van der Waals surface area (Å²) in [6.45, 7) is 3.96. The van der Waals surface area contributed by atoms with Gasteiger partial charge in [-0.15, -0.1) is 0 Å². The second-order valence-corrected chi connectivity index (χ2v) is 5.08. The largest absolute Gasteiger partial charge is 0.393 e. The molecule has 0 saturated heterocycles. The third-order valence-electron chi connectivity index (χ3n) is 3.58. The van der Waals surface area contributed by atoms with E-state index in [0.717, 1.165) is 18.8 Å². The molecule has 1 aliphatic rings. The number of aliphatic hydroxyl groups is 1. The Morgan fingerprint density at radius 2 is 2.00 bits per heavy atom. The maximum atomic E-state index is 11.5. The summed E-state index contributed by atoms with van der Waals surface area (Å²) in [5.41, 5.74) is 0. The smallest absolute Gasteiger partial charge is 0.220 e. The van der Waals surface area contributed by atoms with Gasteiger partial charge in [-0.25, -0.2) is 0 Å². The van der Waals surface area contributed by atoms with Gasteiger partial charge < -0.3 is 10.4 Å². The number of carbonyl (C=O) groups is 1. The molecule has 0 aliphatic heterocycles. The molecule has 2 N–H and O–H groups in total. The van der Waals surface area contributed by atoms with Crippen LogP contribution in [-0.2, 0) is 4.79 Å². The van der Waals surface area contributed by atoms with Gasteiger partial charge in [-0.3, -0.25) is 4.79 Å². The quantitative estimate of drug-likeness (QED) is 0.756. The molecular formula is C13H25NO2. The zero-order valence-electron chi connectivity index (χ0n) is 10.5. The van der Waals surface area contributed by atoms with Gasteiger partial charge in [-0.2, -0.15) is 0 Å². The van der Waals surface area contributed by atoms with E-state index in [2.05, 4.69) is 12.2 Å². The number of hydrogen-bond donors (Lipinski definition) is 2. The van der Waals surface area contributed by atoms with Gasteiger partial charge in [-0.05, 0) is 44.9 Å². The fourth-order valence-corrected chi connectivity index (χ4v) is 2.35. The van der Waals surface area contributed by atoms with E-state index in [9.17, 15) is 4.79 Å². The van der Waals surface area contributed by atoms with Crippen molar-refractivity contribution in [3.8, 4) is 0 Å². The van der Waals surface area contributed by atoms with Crippen LogP contribution in [0.15, 0.2) is 0 Å². The molecule has 0 spiro atoms. The second-order valence-electron chi connectivity index (χ2n) is 5.08. The van der Waals surface area contributed by atoms with Gasteiger partial charge in [-0.1, -0.05) is 13.3 Å². The molecule has 1 fully saturated rings. The van der Waals surface area contributed by atoms with Gasteiger partial charge >= 0.3 is 0 Å². The summed E-state index contributed by atoms with van der Waals surface area (Å²) in [5, 5.41) is 12.2. The van der Waals surface area contributed by atoms with Crippen LogP contribution in [0.2, 0.25) is 0 Å². The summed E-state index contributed by atoms with van der Waals surface area (Å²) in [6, 6.07) is 0.379. The predicted molar refractivity (Wildman–Crippen MR) is 65.1 cm³/mol. The van der Waals surface area contributed by atoms with Crippen molar-refractivity contribution >= 4 is 5.91 Å². The van der Waals surface area contributed by atoms with Gasteiger partial charge in [0.15, 0.2) is 0 Å². The van der Waals surface area contributed by atoms with E-state index in [1.54, 1.807) is 6.92 Å². The van der Waals surface area contributed by atoms with Crippen LogP contribution in [0, 0.1) is 5.92 Å². The molecule has 0 aromatic heterocycles. The molecule has 1 atom stereocenters. The number of carbonyl (C=O) groups excluding carboxylic acids is 1. The average Bonchev–Trinajstić information content (AvgIpc) is 2.27. The first-order valence-corrected chi connectivity index (χ1v) is 6.59. The highest BCUT2D eigenvalue weighted by atomic mass is 16.3. The maximum Gasteiger partial charge on any atom is 0.220 e. The highest BCUT2D eigenvalue weighted by molar-refractivity contribution is 5.76. The van der Waals surface area contributed by atoms with Crippen LogP contribution in [0.1, 0.15) is 58.8 Å². The van der Waals surface area contributed by atoms with E-state index >= 15 is 0 Å². The lowest BCUT2D eigenvalue weighted by atomic mass is 9.84. The van der Waals surface area contributed by atoms with Crippen LogP contribution in [-0.4, -0.2) is 23.2 Å². The summed E-state index contributed by atoms with van der Waals surface area (Å²) in [5.74, 6) is 0.964. The number of aliphatic hydroxyl groups excluding tert-OH is 1. The summed E-state index contributed by atoms with van der Waals surface area (Å²) in [4.78, 5) is 11.5. The fraction of sp³-hybridized carbons (Fsp3) is 0.923. The molecule has 1 amide bonds. The molecule has 94 valence electrons. The molecule has 1 aliphatic carbocycles. The summed E-state index contributed by atoms with van der Waals surface area (Å²) in [6.07, 6.45) is 6.65. The first kappa shape index (κ1) is 13.5.